The first-order chi connectivity index (χ1) is 9.25. The maximum atomic E-state index is 5.91. The van der Waals surface area contributed by atoms with E-state index in [9.17, 15) is 0 Å². The Morgan fingerprint density at radius 2 is 1.95 bits per heavy atom. The Bertz CT molecular complexity index is 552. The van der Waals surface area contributed by atoms with E-state index in [1.54, 1.807) is 17.9 Å². The molecule has 0 radical (unpaired) electrons. The minimum Gasteiger partial charge on any atom is -0.383 e. The average Bonchev–Trinajstić information content (AvgIpc) is 2.90. The SMILES string of the molecule is Cn1ncc(-c2nc(N3CCCCCC3)no2)c1N. The molecule has 0 saturated carbocycles. The molecule has 3 rings (SSSR count). The number of nitrogens with zero attached hydrogens (tertiary/aromatic N) is 5. The third-order valence-electron chi connectivity index (χ3n) is 3.52. The van der Waals surface area contributed by atoms with Crippen LogP contribution in [0.4, 0.5) is 11.8 Å². The lowest BCUT2D eigenvalue weighted by Gasteiger charge is -2.16. The van der Waals surface area contributed by atoms with E-state index in [4.69, 9.17) is 10.3 Å². The number of aromatic nitrogens is 4. The molecule has 0 spiro atoms. The van der Waals surface area contributed by atoms with Gasteiger partial charge >= 0.3 is 0 Å². The second kappa shape index (κ2) is 4.91. The van der Waals surface area contributed by atoms with Crippen molar-refractivity contribution in [3.63, 3.8) is 0 Å². The molecular formula is C12H18N6O. The highest BCUT2D eigenvalue weighted by atomic mass is 16.5. The van der Waals surface area contributed by atoms with Crippen molar-refractivity contribution in [3.8, 4) is 11.5 Å². The van der Waals surface area contributed by atoms with Crippen molar-refractivity contribution in [1.29, 1.82) is 0 Å². The molecule has 3 heterocycles. The van der Waals surface area contributed by atoms with Gasteiger partial charge in [-0.2, -0.15) is 10.1 Å². The monoisotopic (exact) mass is 262 g/mol. The van der Waals surface area contributed by atoms with E-state index < -0.39 is 0 Å². The number of rotatable bonds is 2. The summed E-state index contributed by atoms with van der Waals surface area (Å²) in [5.74, 6) is 1.62. The summed E-state index contributed by atoms with van der Waals surface area (Å²) in [6.45, 7) is 1.98. The molecule has 7 heteroatoms. The topological polar surface area (TPSA) is 86.0 Å². The van der Waals surface area contributed by atoms with E-state index in [0.717, 1.165) is 13.1 Å². The van der Waals surface area contributed by atoms with E-state index in [2.05, 4.69) is 20.1 Å². The van der Waals surface area contributed by atoms with Gasteiger partial charge in [0.15, 0.2) is 0 Å². The molecule has 2 aromatic rings. The number of hydrogen-bond donors (Lipinski definition) is 1. The molecule has 102 valence electrons. The molecule has 0 aliphatic carbocycles. The smallest absolute Gasteiger partial charge is 0.266 e. The van der Waals surface area contributed by atoms with Gasteiger partial charge in [-0.05, 0) is 18.0 Å². The first kappa shape index (κ1) is 12.0. The molecule has 19 heavy (non-hydrogen) atoms. The predicted molar refractivity (Wildman–Crippen MR) is 71.6 cm³/mol. The van der Waals surface area contributed by atoms with Gasteiger partial charge in [0.2, 0.25) is 0 Å². The van der Waals surface area contributed by atoms with Crippen LogP contribution in [0.5, 0.6) is 0 Å². The van der Waals surface area contributed by atoms with Crippen molar-refractivity contribution in [2.45, 2.75) is 25.7 Å². The van der Waals surface area contributed by atoms with Crippen molar-refractivity contribution in [2.75, 3.05) is 23.7 Å². The molecule has 1 aliphatic rings. The Kier molecular flexibility index (Phi) is 3.10. The molecule has 0 bridgehead atoms. The van der Waals surface area contributed by atoms with Crippen LogP contribution in [0.2, 0.25) is 0 Å². The summed E-state index contributed by atoms with van der Waals surface area (Å²) >= 11 is 0. The van der Waals surface area contributed by atoms with Crippen LogP contribution in [0, 0.1) is 0 Å². The van der Waals surface area contributed by atoms with Gasteiger partial charge in [-0.25, -0.2) is 0 Å². The Morgan fingerprint density at radius 1 is 1.21 bits per heavy atom. The highest BCUT2D eigenvalue weighted by Crippen LogP contribution is 2.25. The lowest BCUT2D eigenvalue weighted by atomic mass is 10.2. The van der Waals surface area contributed by atoms with Gasteiger partial charge in [0, 0.05) is 20.1 Å². The van der Waals surface area contributed by atoms with Crippen molar-refractivity contribution < 1.29 is 4.52 Å². The maximum Gasteiger partial charge on any atom is 0.266 e. The maximum absolute atomic E-state index is 5.91. The zero-order chi connectivity index (χ0) is 13.2. The lowest BCUT2D eigenvalue weighted by molar-refractivity contribution is 0.429. The molecular weight excluding hydrogens is 244 g/mol. The number of aryl methyl sites for hydroxylation is 1. The van der Waals surface area contributed by atoms with Gasteiger partial charge in [-0.3, -0.25) is 4.68 Å². The van der Waals surface area contributed by atoms with Crippen LogP contribution < -0.4 is 10.6 Å². The molecule has 1 saturated heterocycles. The van der Waals surface area contributed by atoms with E-state index in [1.807, 2.05) is 0 Å². The molecule has 0 aromatic carbocycles. The second-order valence-corrected chi connectivity index (χ2v) is 4.87. The van der Waals surface area contributed by atoms with Crippen molar-refractivity contribution in [2.24, 2.45) is 7.05 Å². The highest BCUT2D eigenvalue weighted by Gasteiger charge is 2.19. The third kappa shape index (κ3) is 2.27. The number of hydrogen-bond acceptors (Lipinski definition) is 6. The van der Waals surface area contributed by atoms with Crippen LogP contribution in [0.15, 0.2) is 10.7 Å². The Balaban J connectivity index is 1.84. The van der Waals surface area contributed by atoms with Gasteiger partial charge in [-0.15, -0.1) is 0 Å². The van der Waals surface area contributed by atoms with E-state index >= 15 is 0 Å². The zero-order valence-electron chi connectivity index (χ0n) is 11.0. The largest absolute Gasteiger partial charge is 0.383 e. The van der Waals surface area contributed by atoms with Crippen molar-refractivity contribution in [3.05, 3.63) is 6.20 Å². The predicted octanol–water partition coefficient (Wildman–Crippen LogP) is 1.43. The molecule has 7 nitrogen and oxygen atoms in total. The molecule has 1 fully saturated rings. The van der Waals surface area contributed by atoms with Gasteiger partial charge in [0.05, 0.1) is 6.20 Å². The number of nitrogens with two attached hydrogens (primary N) is 1. The van der Waals surface area contributed by atoms with Crippen LogP contribution in [-0.4, -0.2) is 33.0 Å². The van der Waals surface area contributed by atoms with Gasteiger partial charge in [0.25, 0.3) is 11.8 Å². The third-order valence-corrected chi connectivity index (χ3v) is 3.52. The number of anilines is 2. The van der Waals surface area contributed by atoms with E-state index in [0.29, 0.717) is 23.2 Å². The molecule has 1 aliphatic heterocycles. The molecule has 0 unspecified atom stereocenters. The van der Waals surface area contributed by atoms with E-state index in [-0.39, 0.29) is 0 Å². The fourth-order valence-corrected chi connectivity index (χ4v) is 2.34. The standard InChI is InChI=1S/C12H18N6O/c1-17-10(13)9(8-14-17)11-15-12(16-19-11)18-6-4-2-3-5-7-18/h8H,2-7,13H2,1H3. The lowest BCUT2D eigenvalue weighted by Crippen LogP contribution is -2.24. The summed E-state index contributed by atoms with van der Waals surface area (Å²) in [5.41, 5.74) is 6.60. The normalized spacial score (nSPS) is 16.6. The average molecular weight is 262 g/mol. The molecule has 2 aromatic heterocycles. The van der Waals surface area contributed by atoms with Crippen LogP contribution in [0.1, 0.15) is 25.7 Å². The quantitative estimate of drug-likeness (QED) is 0.881. The zero-order valence-corrected chi connectivity index (χ0v) is 11.0. The summed E-state index contributed by atoms with van der Waals surface area (Å²) in [5, 5.41) is 8.14. The van der Waals surface area contributed by atoms with Crippen LogP contribution in [-0.2, 0) is 7.05 Å². The van der Waals surface area contributed by atoms with Crippen molar-refractivity contribution in [1.82, 2.24) is 19.9 Å². The van der Waals surface area contributed by atoms with Crippen LogP contribution in [0.25, 0.3) is 11.5 Å². The fourth-order valence-electron chi connectivity index (χ4n) is 2.34. The first-order valence-corrected chi connectivity index (χ1v) is 6.62. The van der Waals surface area contributed by atoms with Gasteiger partial charge < -0.3 is 15.2 Å². The van der Waals surface area contributed by atoms with Crippen molar-refractivity contribution >= 4 is 11.8 Å². The summed E-state index contributed by atoms with van der Waals surface area (Å²) in [4.78, 5) is 6.61. The minimum atomic E-state index is 0.435. The second-order valence-electron chi connectivity index (χ2n) is 4.87. The Hall–Kier alpha value is -2.05. The highest BCUT2D eigenvalue weighted by molar-refractivity contribution is 5.67. The summed E-state index contributed by atoms with van der Waals surface area (Å²) in [7, 11) is 1.78. The molecule has 0 amide bonds. The molecule has 0 atom stereocenters. The summed E-state index contributed by atoms with van der Waals surface area (Å²) in [6, 6.07) is 0. The number of nitrogen functional groups attached to an aromatic ring is 1. The van der Waals surface area contributed by atoms with Gasteiger partial charge in [0.1, 0.15) is 11.4 Å². The van der Waals surface area contributed by atoms with Crippen LogP contribution >= 0.6 is 0 Å². The molecule has 2 N–H and O–H groups in total. The minimum absolute atomic E-state index is 0.435. The Morgan fingerprint density at radius 3 is 2.58 bits per heavy atom. The Labute approximate surface area is 111 Å². The summed E-state index contributed by atoms with van der Waals surface area (Å²) in [6.07, 6.45) is 6.56. The first-order valence-electron chi connectivity index (χ1n) is 6.62. The van der Waals surface area contributed by atoms with Gasteiger partial charge in [-0.1, -0.05) is 12.8 Å². The van der Waals surface area contributed by atoms with E-state index in [1.165, 1.54) is 25.7 Å². The summed E-state index contributed by atoms with van der Waals surface area (Å²) < 4.78 is 6.89. The van der Waals surface area contributed by atoms with Crippen LogP contribution in [0.3, 0.4) is 0 Å². The fraction of sp³-hybridized carbons (Fsp3) is 0.583.